The van der Waals surface area contributed by atoms with Crippen LogP contribution in [0.25, 0.3) is 0 Å². The number of benzene rings is 3. The number of rotatable bonds is 7. The van der Waals surface area contributed by atoms with Gasteiger partial charge in [-0.25, -0.2) is 0 Å². The monoisotopic (exact) mass is 565 g/mol. The smallest absolute Gasteiger partial charge is 0.399 e. The highest BCUT2D eigenvalue weighted by molar-refractivity contribution is 6.62. The van der Waals surface area contributed by atoms with Gasteiger partial charge in [0.1, 0.15) is 0 Å². The minimum atomic E-state index is -0.342. The van der Waals surface area contributed by atoms with Crippen molar-refractivity contribution in [2.24, 2.45) is 5.41 Å². The van der Waals surface area contributed by atoms with Crippen LogP contribution in [0.15, 0.2) is 78.9 Å². The standard InChI is InChI=1S/C35H45B2NO4/c1-31(2)32(3,4)40-36(39-31)28-18-14-26(15-19-28)22-35(24-38(25-35)30-12-10-9-11-13-30)23-27-16-20-29(21-17-27)37-41-33(5,6)34(7,8)42-37/h9-21H,22-25H2,1-8H3. The third kappa shape index (κ3) is 5.45. The van der Waals surface area contributed by atoms with E-state index in [0.717, 1.165) is 36.9 Å². The molecule has 3 aromatic carbocycles. The van der Waals surface area contributed by atoms with Crippen LogP contribution in [0.4, 0.5) is 5.69 Å². The van der Waals surface area contributed by atoms with Crippen LogP contribution in [-0.4, -0.2) is 49.7 Å². The maximum absolute atomic E-state index is 6.29. The lowest BCUT2D eigenvalue weighted by Crippen LogP contribution is -2.58. The molecule has 0 N–H and O–H groups in total. The van der Waals surface area contributed by atoms with Crippen molar-refractivity contribution in [3.63, 3.8) is 0 Å². The SMILES string of the molecule is CC1(C)OB(c2ccc(CC3(Cc4ccc(B5OC(C)(C)C(C)(C)O5)cc4)CN(c4ccccc4)C3)cc2)OC1(C)C. The van der Waals surface area contributed by atoms with E-state index >= 15 is 0 Å². The lowest BCUT2D eigenvalue weighted by Gasteiger charge is -2.52. The highest BCUT2D eigenvalue weighted by Crippen LogP contribution is 2.41. The summed E-state index contributed by atoms with van der Waals surface area (Å²) in [5.74, 6) is 0. The first-order valence-electron chi connectivity index (χ1n) is 15.4. The summed E-state index contributed by atoms with van der Waals surface area (Å²) in [4.78, 5) is 2.50. The first-order chi connectivity index (χ1) is 19.7. The van der Waals surface area contributed by atoms with Crippen molar-refractivity contribution in [2.75, 3.05) is 18.0 Å². The molecule has 0 atom stereocenters. The van der Waals surface area contributed by atoms with Crippen molar-refractivity contribution >= 4 is 30.8 Å². The van der Waals surface area contributed by atoms with Crippen LogP contribution in [0.5, 0.6) is 0 Å². The maximum atomic E-state index is 6.29. The molecule has 0 amide bonds. The van der Waals surface area contributed by atoms with Gasteiger partial charge < -0.3 is 23.5 Å². The quantitative estimate of drug-likeness (QED) is 0.350. The zero-order chi connectivity index (χ0) is 30.0. The average molecular weight is 565 g/mol. The second-order valence-corrected chi connectivity index (χ2v) is 14.7. The number of hydrogen-bond donors (Lipinski definition) is 0. The van der Waals surface area contributed by atoms with Gasteiger partial charge in [-0.05, 0) is 102 Å². The number of para-hydroxylation sites is 1. The van der Waals surface area contributed by atoms with Crippen molar-refractivity contribution in [3.8, 4) is 0 Å². The molecule has 0 bridgehead atoms. The van der Waals surface area contributed by atoms with Crippen LogP contribution in [0.2, 0.25) is 0 Å². The molecule has 0 aliphatic carbocycles. The summed E-state index contributed by atoms with van der Waals surface area (Å²) in [5, 5.41) is 0. The Hall–Kier alpha value is -2.57. The third-order valence-corrected chi connectivity index (χ3v) is 10.3. The molecule has 3 aliphatic rings. The summed E-state index contributed by atoms with van der Waals surface area (Å²) in [6, 6.07) is 28.5. The molecule has 0 spiro atoms. The van der Waals surface area contributed by atoms with Gasteiger partial charge in [0.15, 0.2) is 0 Å². The predicted molar refractivity (Wildman–Crippen MR) is 173 cm³/mol. The summed E-state index contributed by atoms with van der Waals surface area (Å²) in [5.41, 5.74) is 4.91. The molecule has 7 heteroatoms. The molecule has 3 aromatic rings. The van der Waals surface area contributed by atoms with Crippen molar-refractivity contribution in [2.45, 2.75) is 90.6 Å². The number of nitrogens with zero attached hydrogens (tertiary/aromatic N) is 1. The highest BCUT2D eigenvalue weighted by Gasteiger charge is 2.53. The Morgan fingerprint density at radius 2 is 0.881 bits per heavy atom. The molecule has 0 aromatic heterocycles. The lowest BCUT2D eigenvalue weighted by molar-refractivity contribution is 0.00578. The zero-order valence-electron chi connectivity index (χ0n) is 26.6. The van der Waals surface area contributed by atoms with E-state index in [1.165, 1.54) is 16.8 Å². The van der Waals surface area contributed by atoms with Crippen molar-refractivity contribution < 1.29 is 18.6 Å². The maximum Gasteiger partial charge on any atom is 0.494 e. The Bertz CT molecular complexity index is 1280. The Morgan fingerprint density at radius 1 is 0.524 bits per heavy atom. The molecule has 0 saturated carbocycles. The summed E-state index contributed by atoms with van der Waals surface area (Å²) in [7, 11) is -0.671. The number of hydrogen-bond acceptors (Lipinski definition) is 5. The molecule has 42 heavy (non-hydrogen) atoms. The summed E-state index contributed by atoms with van der Waals surface area (Å²) < 4.78 is 25.2. The Kier molecular flexibility index (Phi) is 7.21. The minimum Gasteiger partial charge on any atom is -0.399 e. The van der Waals surface area contributed by atoms with Gasteiger partial charge in [-0.1, -0.05) is 66.7 Å². The Morgan fingerprint density at radius 3 is 1.24 bits per heavy atom. The fraction of sp³-hybridized carbons (Fsp3) is 0.486. The van der Waals surface area contributed by atoms with Crippen LogP contribution in [0.1, 0.15) is 66.5 Å². The van der Waals surface area contributed by atoms with Gasteiger partial charge in [-0.15, -0.1) is 0 Å². The molecule has 3 fully saturated rings. The molecule has 0 radical (unpaired) electrons. The third-order valence-electron chi connectivity index (χ3n) is 10.3. The van der Waals surface area contributed by atoms with Gasteiger partial charge in [0.25, 0.3) is 0 Å². The van der Waals surface area contributed by atoms with E-state index in [-0.39, 0.29) is 42.1 Å². The average Bonchev–Trinajstić information content (AvgIpc) is 3.27. The van der Waals surface area contributed by atoms with Crippen molar-refractivity contribution in [1.29, 1.82) is 0 Å². The molecule has 3 aliphatic heterocycles. The fourth-order valence-corrected chi connectivity index (χ4v) is 6.28. The first-order valence-corrected chi connectivity index (χ1v) is 15.4. The molecular formula is C35H45B2NO4. The normalized spacial score (nSPS) is 23.2. The van der Waals surface area contributed by atoms with Gasteiger partial charge >= 0.3 is 14.2 Å². The summed E-state index contributed by atoms with van der Waals surface area (Å²) in [6.45, 7) is 18.8. The lowest BCUT2D eigenvalue weighted by atomic mass is 9.69. The van der Waals surface area contributed by atoms with Crippen molar-refractivity contribution in [1.82, 2.24) is 0 Å². The Balaban J connectivity index is 1.18. The number of anilines is 1. The van der Waals surface area contributed by atoms with Crippen LogP contribution in [0.3, 0.4) is 0 Å². The van der Waals surface area contributed by atoms with E-state index in [1.54, 1.807) is 0 Å². The summed E-state index contributed by atoms with van der Waals surface area (Å²) >= 11 is 0. The molecule has 220 valence electrons. The molecule has 5 nitrogen and oxygen atoms in total. The topological polar surface area (TPSA) is 40.2 Å². The highest BCUT2D eigenvalue weighted by atomic mass is 16.7. The van der Waals surface area contributed by atoms with Gasteiger partial charge in [0, 0.05) is 24.2 Å². The van der Waals surface area contributed by atoms with Gasteiger partial charge in [-0.2, -0.15) is 0 Å². The zero-order valence-corrected chi connectivity index (χ0v) is 26.6. The van der Waals surface area contributed by atoms with Gasteiger partial charge in [0.2, 0.25) is 0 Å². The van der Waals surface area contributed by atoms with E-state index < -0.39 is 0 Å². The largest absolute Gasteiger partial charge is 0.494 e. The van der Waals surface area contributed by atoms with E-state index in [1.807, 2.05) is 0 Å². The summed E-state index contributed by atoms with van der Waals surface area (Å²) in [6.07, 6.45) is 2.03. The second-order valence-electron chi connectivity index (χ2n) is 14.7. The first kappa shape index (κ1) is 29.5. The van der Waals surface area contributed by atoms with Crippen LogP contribution >= 0.6 is 0 Å². The molecule has 3 heterocycles. The van der Waals surface area contributed by atoms with Crippen LogP contribution in [-0.2, 0) is 31.5 Å². The van der Waals surface area contributed by atoms with E-state index in [2.05, 4.69) is 139 Å². The minimum absolute atomic E-state index is 0.146. The van der Waals surface area contributed by atoms with E-state index in [4.69, 9.17) is 18.6 Å². The fourth-order valence-electron chi connectivity index (χ4n) is 6.28. The van der Waals surface area contributed by atoms with Gasteiger partial charge in [0.05, 0.1) is 22.4 Å². The van der Waals surface area contributed by atoms with E-state index in [9.17, 15) is 0 Å². The Labute approximate surface area is 253 Å². The second kappa shape index (κ2) is 10.3. The molecule has 6 rings (SSSR count). The predicted octanol–water partition coefficient (Wildman–Crippen LogP) is 5.58. The molecule has 0 unspecified atom stereocenters. The van der Waals surface area contributed by atoms with Crippen LogP contribution in [0, 0.1) is 5.41 Å². The molecule has 3 saturated heterocycles. The van der Waals surface area contributed by atoms with Crippen molar-refractivity contribution in [3.05, 3.63) is 90.0 Å². The molecular weight excluding hydrogens is 520 g/mol. The van der Waals surface area contributed by atoms with Gasteiger partial charge in [-0.3, -0.25) is 0 Å². The van der Waals surface area contributed by atoms with Crippen LogP contribution < -0.4 is 15.8 Å². The van der Waals surface area contributed by atoms with E-state index in [0.29, 0.717) is 0 Å².